The Hall–Kier alpha value is -2.05. The van der Waals surface area contributed by atoms with Crippen molar-refractivity contribution in [1.82, 2.24) is 14.8 Å². The average molecular weight is 492 g/mol. The van der Waals surface area contributed by atoms with Gasteiger partial charge in [-0.2, -0.15) is 5.26 Å². The van der Waals surface area contributed by atoms with Gasteiger partial charge in [0.25, 0.3) is 0 Å². The van der Waals surface area contributed by atoms with Gasteiger partial charge in [0.15, 0.2) is 11.0 Å². The second-order valence-electron chi connectivity index (χ2n) is 7.20. The second kappa shape index (κ2) is 10.0. The first-order valence-electron chi connectivity index (χ1n) is 9.87. The lowest BCUT2D eigenvalue weighted by atomic mass is 9.95. The number of thioether (sulfide) groups is 1. The number of benzene rings is 1. The largest absolute Gasteiger partial charge is 0.316 e. The van der Waals surface area contributed by atoms with Crippen LogP contribution in [0.5, 0.6) is 0 Å². The van der Waals surface area contributed by atoms with Crippen LogP contribution in [0.3, 0.4) is 0 Å². The topological polar surface area (TPSA) is 83.6 Å². The number of rotatable bonds is 6. The van der Waals surface area contributed by atoms with Gasteiger partial charge in [0.05, 0.1) is 16.3 Å². The summed E-state index contributed by atoms with van der Waals surface area (Å²) < 4.78 is 2.12. The van der Waals surface area contributed by atoms with Crippen molar-refractivity contribution in [3.05, 3.63) is 45.3 Å². The van der Waals surface area contributed by atoms with Crippen LogP contribution < -0.4 is 5.32 Å². The SMILES string of the molecule is N#Cc1ccsc1NC(=O)CSc1nnc(-c2ccc(Cl)cc2Cl)n1C1CCCCC1. The summed E-state index contributed by atoms with van der Waals surface area (Å²) in [6.45, 7) is 0. The number of carbonyl (C=O) groups excluding carboxylic acids is 1. The summed E-state index contributed by atoms with van der Waals surface area (Å²) in [5, 5.41) is 24.9. The van der Waals surface area contributed by atoms with Gasteiger partial charge >= 0.3 is 0 Å². The number of thiophene rings is 1. The predicted octanol–water partition coefficient (Wildman–Crippen LogP) is 6.42. The van der Waals surface area contributed by atoms with E-state index in [-0.39, 0.29) is 17.7 Å². The smallest absolute Gasteiger partial charge is 0.235 e. The van der Waals surface area contributed by atoms with Gasteiger partial charge in [-0.1, -0.05) is 54.2 Å². The van der Waals surface area contributed by atoms with Crippen LogP contribution in [0.2, 0.25) is 10.0 Å². The molecule has 0 saturated heterocycles. The van der Waals surface area contributed by atoms with Crippen molar-refractivity contribution >= 4 is 57.2 Å². The van der Waals surface area contributed by atoms with Gasteiger partial charge in [-0.05, 0) is 42.5 Å². The molecule has 1 fully saturated rings. The number of amides is 1. The molecule has 0 aliphatic heterocycles. The van der Waals surface area contributed by atoms with E-state index >= 15 is 0 Å². The van der Waals surface area contributed by atoms with Crippen molar-refractivity contribution in [2.75, 3.05) is 11.1 Å². The Balaban J connectivity index is 1.57. The highest BCUT2D eigenvalue weighted by Gasteiger charge is 2.25. The van der Waals surface area contributed by atoms with E-state index < -0.39 is 0 Å². The number of hydrogen-bond donors (Lipinski definition) is 1. The summed E-state index contributed by atoms with van der Waals surface area (Å²) in [5.41, 5.74) is 1.24. The van der Waals surface area contributed by atoms with Gasteiger partial charge in [-0.15, -0.1) is 21.5 Å². The predicted molar refractivity (Wildman–Crippen MR) is 126 cm³/mol. The van der Waals surface area contributed by atoms with Gasteiger partial charge in [-0.3, -0.25) is 9.36 Å². The van der Waals surface area contributed by atoms with Crippen molar-refractivity contribution in [3.63, 3.8) is 0 Å². The van der Waals surface area contributed by atoms with Crippen molar-refractivity contribution in [3.8, 4) is 17.5 Å². The number of nitrogens with zero attached hydrogens (tertiary/aromatic N) is 4. The third-order valence-corrected chi connectivity index (χ3v) is 7.47. The lowest BCUT2D eigenvalue weighted by Crippen LogP contribution is -2.17. The zero-order valence-electron chi connectivity index (χ0n) is 16.5. The molecule has 0 radical (unpaired) electrons. The molecule has 2 heterocycles. The fourth-order valence-corrected chi connectivity index (χ4v) is 5.74. The monoisotopic (exact) mass is 491 g/mol. The molecule has 10 heteroatoms. The Morgan fingerprint density at radius 3 is 2.81 bits per heavy atom. The highest BCUT2D eigenvalue weighted by Crippen LogP contribution is 2.38. The maximum Gasteiger partial charge on any atom is 0.235 e. The summed E-state index contributed by atoms with van der Waals surface area (Å²) in [7, 11) is 0. The van der Waals surface area contributed by atoms with Crippen LogP contribution >= 0.6 is 46.3 Å². The summed E-state index contributed by atoms with van der Waals surface area (Å²) in [4.78, 5) is 12.5. The molecule has 2 aromatic heterocycles. The molecule has 1 amide bonds. The molecule has 0 bridgehead atoms. The number of hydrogen-bond acceptors (Lipinski definition) is 6. The van der Waals surface area contributed by atoms with Gasteiger partial charge < -0.3 is 5.32 Å². The first kappa shape index (κ1) is 22.2. The number of carbonyl (C=O) groups is 1. The van der Waals surface area contributed by atoms with E-state index in [9.17, 15) is 4.79 Å². The standard InChI is InChI=1S/C21H19Cl2N5OS2/c22-14-6-7-16(17(23)10-14)19-26-27-21(28(19)15-4-2-1-3-5-15)31-12-18(29)25-20-13(11-24)8-9-30-20/h6-10,15H,1-5,12H2,(H,25,29). The van der Waals surface area contributed by atoms with Crippen molar-refractivity contribution in [2.24, 2.45) is 0 Å². The molecule has 31 heavy (non-hydrogen) atoms. The number of halogens is 2. The van der Waals surface area contributed by atoms with Crippen molar-refractivity contribution < 1.29 is 4.79 Å². The molecule has 6 nitrogen and oxygen atoms in total. The Morgan fingerprint density at radius 2 is 2.06 bits per heavy atom. The second-order valence-corrected chi connectivity index (χ2v) is 9.91. The zero-order valence-corrected chi connectivity index (χ0v) is 19.6. The van der Waals surface area contributed by atoms with Gasteiger partial charge in [0.1, 0.15) is 11.1 Å². The van der Waals surface area contributed by atoms with Crippen LogP contribution in [0.4, 0.5) is 5.00 Å². The van der Waals surface area contributed by atoms with E-state index in [4.69, 9.17) is 28.5 Å². The highest BCUT2D eigenvalue weighted by molar-refractivity contribution is 7.99. The molecule has 1 aliphatic rings. The highest BCUT2D eigenvalue weighted by atomic mass is 35.5. The maximum atomic E-state index is 12.5. The third kappa shape index (κ3) is 5.07. The van der Waals surface area contributed by atoms with Gasteiger partial charge in [-0.25, -0.2) is 0 Å². The average Bonchev–Trinajstić information content (AvgIpc) is 3.39. The van der Waals surface area contributed by atoms with E-state index in [2.05, 4.69) is 26.2 Å². The molecule has 0 spiro atoms. The summed E-state index contributed by atoms with van der Waals surface area (Å²) in [5.74, 6) is 0.678. The summed E-state index contributed by atoms with van der Waals surface area (Å²) in [6, 6.07) is 9.38. The minimum atomic E-state index is -0.187. The van der Waals surface area contributed by atoms with Crippen LogP contribution in [0.1, 0.15) is 43.7 Å². The lowest BCUT2D eigenvalue weighted by Gasteiger charge is -2.25. The van der Waals surface area contributed by atoms with E-state index in [1.165, 1.54) is 29.5 Å². The molecule has 4 rings (SSSR count). The summed E-state index contributed by atoms with van der Waals surface area (Å²) in [6.07, 6.45) is 5.60. The van der Waals surface area contributed by atoms with Crippen molar-refractivity contribution in [2.45, 2.75) is 43.3 Å². The molecule has 0 atom stereocenters. The fourth-order valence-electron chi connectivity index (χ4n) is 3.69. The van der Waals surface area contributed by atoms with E-state index in [1.54, 1.807) is 23.6 Å². The minimum absolute atomic E-state index is 0.169. The Kier molecular flexibility index (Phi) is 7.18. The first-order chi connectivity index (χ1) is 15.1. The number of nitrogens with one attached hydrogen (secondary N) is 1. The molecule has 160 valence electrons. The molecular weight excluding hydrogens is 473 g/mol. The van der Waals surface area contributed by atoms with Crippen LogP contribution in [0, 0.1) is 11.3 Å². The summed E-state index contributed by atoms with van der Waals surface area (Å²) >= 11 is 15.2. The van der Waals surface area contributed by atoms with E-state index in [1.807, 2.05) is 6.07 Å². The zero-order chi connectivity index (χ0) is 21.8. The minimum Gasteiger partial charge on any atom is -0.316 e. The van der Waals surface area contributed by atoms with E-state index in [0.717, 1.165) is 31.2 Å². The molecule has 3 aromatic rings. The van der Waals surface area contributed by atoms with Gasteiger partial charge in [0, 0.05) is 16.6 Å². The molecule has 1 aliphatic carbocycles. The Labute approximate surface area is 198 Å². The molecule has 1 N–H and O–H groups in total. The Bertz CT molecular complexity index is 1130. The lowest BCUT2D eigenvalue weighted by molar-refractivity contribution is -0.113. The maximum absolute atomic E-state index is 12.5. The van der Waals surface area contributed by atoms with Crippen molar-refractivity contribution in [1.29, 1.82) is 5.26 Å². The molecule has 1 aromatic carbocycles. The first-order valence-corrected chi connectivity index (χ1v) is 12.5. The number of aromatic nitrogens is 3. The molecule has 1 saturated carbocycles. The van der Waals surface area contributed by atoms with Crippen LogP contribution in [-0.2, 0) is 4.79 Å². The van der Waals surface area contributed by atoms with Gasteiger partial charge in [0.2, 0.25) is 5.91 Å². The van der Waals surface area contributed by atoms with Crippen LogP contribution in [-0.4, -0.2) is 26.4 Å². The van der Waals surface area contributed by atoms with Crippen LogP contribution in [0.25, 0.3) is 11.4 Å². The third-order valence-electron chi connectivity index (χ3n) is 5.15. The number of nitriles is 1. The van der Waals surface area contributed by atoms with Crippen LogP contribution in [0.15, 0.2) is 34.8 Å². The molecular formula is C21H19Cl2N5OS2. The Morgan fingerprint density at radius 1 is 1.26 bits per heavy atom. The normalized spacial score (nSPS) is 14.4. The number of anilines is 1. The van der Waals surface area contributed by atoms with E-state index in [0.29, 0.717) is 31.6 Å². The fraction of sp³-hybridized carbons (Fsp3) is 0.333. The molecule has 0 unspecified atom stereocenters. The quantitative estimate of drug-likeness (QED) is 0.402.